The molecule has 0 saturated carbocycles. The van der Waals surface area contributed by atoms with E-state index in [4.69, 9.17) is 21.1 Å². The molecule has 9 heteroatoms. The highest BCUT2D eigenvalue weighted by Gasteiger charge is 2.44. The number of aliphatic hydroxyl groups excluding tert-OH is 4. The lowest BCUT2D eigenvalue weighted by atomic mass is 9.99. The van der Waals surface area contributed by atoms with Gasteiger partial charge in [0.15, 0.2) is 0 Å². The number of para-hydroxylation sites is 1. The molecule has 8 nitrogen and oxygen atoms in total. The van der Waals surface area contributed by atoms with E-state index in [1.54, 1.807) is 29.1 Å². The number of benzene rings is 2. The number of aromatic nitrogens is 2. The normalized spacial score (nSPS) is 26.0. The van der Waals surface area contributed by atoms with Gasteiger partial charge in [-0.3, -0.25) is 0 Å². The molecule has 1 fully saturated rings. The first-order chi connectivity index (χ1) is 15.0. The molecule has 0 aliphatic carbocycles. The van der Waals surface area contributed by atoms with Crippen molar-refractivity contribution in [3.8, 4) is 11.4 Å². The Bertz CT molecular complexity index is 1010. The second kappa shape index (κ2) is 9.35. The number of hydrogen-bond donors (Lipinski definition) is 4. The average molecular weight is 447 g/mol. The van der Waals surface area contributed by atoms with Crippen molar-refractivity contribution in [3.63, 3.8) is 0 Å². The Balaban J connectivity index is 1.56. The molecule has 1 aliphatic rings. The Morgan fingerprint density at radius 2 is 1.77 bits per heavy atom. The third-order valence-corrected chi connectivity index (χ3v) is 5.56. The van der Waals surface area contributed by atoms with Gasteiger partial charge in [0.1, 0.15) is 30.2 Å². The first-order valence-electron chi connectivity index (χ1n) is 9.81. The summed E-state index contributed by atoms with van der Waals surface area (Å²) in [5.41, 5.74) is 2.45. The Morgan fingerprint density at radius 1 is 1.00 bits per heavy atom. The first-order valence-corrected chi connectivity index (χ1v) is 10.2. The fraction of sp³-hybridized carbons (Fsp3) is 0.318. The summed E-state index contributed by atoms with van der Waals surface area (Å²) in [6.45, 7) is -0.536. The third kappa shape index (κ3) is 4.59. The van der Waals surface area contributed by atoms with Crippen LogP contribution in [-0.4, -0.2) is 67.5 Å². The lowest BCUT2D eigenvalue weighted by molar-refractivity contribution is -0.277. The molecule has 0 radical (unpaired) electrons. The monoisotopic (exact) mass is 446 g/mol. The molecule has 1 saturated heterocycles. The van der Waals surface area contributed by atoms with Crippen LogP contribution in [0, 0.1) is 0 Å². The molecule has 2 heterocycles. The lowest BCUT2D eigenvalue weighted by Crippen LogP contribution is -2.60. The molecule has 2 aromatic carbocycles. The number of aliphatic hydroxyl groups is 4. The quantitative estimate of drug-likeness (QED) is 0.451. The maximum absolute atomic E-state index is 10.3. The summed E-state index contributed by atoms with van der Waals surface area (Å²) in [6.07, 6.45) is -2.82. The van der Waals surface area contributed by atoms with E-state index in [0.29, 0.717) is 22.8 Å². The minimum atomic E-state index is -1.53. The topological polar surface area (TPSA) is 117 Å². The van der Waals surface area contributed by atoms with Crippen molar-refractivity contribution in [2.75, 3.05) is 6.61 Å². The number of nitrogens with zero attached hydrogens (tertiary/aromatic N) is 2. The van der Waals surface area contributed by atoms with Crippen molar-refractivity contribution < 1.29 is 29.9 Å². The number of hydrogen-bond acceptors (Lipinski definition) is 7. The lowest BCUT2D eigenvalue weighted by Gasteiger charge is -2.39. The molecule has 1 aromatic heterocycles. The summed E-state index contributed by atoms with van der Waals surface area (Å²) in [5, 5.41) is 44.4. The highest BCUT2D eigenvalue weighted by Crippen LogP contribution is 2.32. The third-order valence-electron chi connectivity index (χ3n) is 5.21. The molecule has 0 spiro atoms. The maximum Gasteiger partial charge on any atom is 0.229 e. The molecule has 1 aliphatic heterocycles. The van der Waals surface area contributed by atoms with Gasteiger partial charge in [-0.15, -0.1) is 0 Å². The van der Waals surface area contributed by atoms with Gasteiger partial charge in [0, 0.05) is 23.2 Å². The summed E-state index contributed by atoms with van der Waals surface area (Å²) < 4.78 is 13.0. The van der Waals surface area contributed by atoms with Crippen LogP contribution in [0.3, 0.4) is 0 Å². The molecule has 164 valence electrons. The Hall–Kier alpha value is -2.46. The zero-order chi connectivity index (χ0) is 22.0. The highest BCUT2D eigenvalue weighted by atomic mass is 35.5. The van der Waals surface area contributed by atoms with Gasteiger partial charge in [0.25, 0.3) is 0 Å². The SMILES string of the molecule is OC[C@H]1O[C@@H](Oc2cccc(Cl)c2Cc2cnn(-c3ccccc3)c2)[C@H](O)[C@@H](O)[C@@H]1O. The van der Waals surface area contributed by atoms with Crippen LogP contribution in [0.15, 0.2) is 60.9 Å². The van der Waals surface area contributed by atoms with Crippen LogP contribution >= 0.6 is 11.6 Å². The van der Waals surface area contributed by atoms with Gasteiger partial charge < -0.3 is 29.9 Å². The van der Waals surface area contributed by atoms with E-state index >= 15 is 0 Å². The van der Waals surface area contributed by atoms with E-state index in [0.717, 1.165) is 11.3 Å². The standard InChI is InChI=1S/C22H23ClN2O6/c23-16-7-4-8-17(30-22-21(29)20(28)19(27)18(12-26)31-22)15(16)9-13-10-24-25(11-13)14-5-2-1-3-6-14/h1-8,10-11,18-22,26-29H,9,12H2/t18-,19-,20+,21-,22-/m1/s1. The van der Waals surface area contributed by atoms with Crippen molar-refractivity contribution in [2.45, 2.75) is 37.1 Å². The predicted octanol–water partition coefficient (Wildman–Crippen LogP) is 1.30. The molecule has 0 bridgehead atoms. The summed E-state index contributed by atoms with van der Waals surface area (Å²) in [5.74, 6) is 0.351. The van der Waals surface area contributed by atoms with Gasteiger partial charge in [0.05, 0.1) is 18.5 Å². The average Bonchev–Trinajstić information content (AvgIpc) is 3.26. The van der Waals surface area contributed by atoms with E-state index in [1.165, 1.54) is 0 Å². The second-order valence-corrected chi connectivity index (χ2v) is 7.74. The summed E-state index contributed by atoms with van der Waals surface area (Å²) in [4.78, 5) is 0. The van der Waals surface area contributed by atoms with Crippen molar-refractivity contribution in [1.82, 2.24) is 9.78 Å². The van der Waals surface area contributed by atoms with E-state index in [-0.39, 0.29) is 0 Å². The molecule has 3 aromatic rings. The molecule has 0 unspecified atom stereocenters. The number of ether oxygens (including phenoxy) is 2. The van der Waals surface area contributed by atoms with Crippen LogP contribution in [0.25, 0.3) is 5.69 Å². The van der Waals surface area contributed by atoms with E-state index in [9.17, 15) is 20.4 Å². The van der Waals surface area contributed by atoms with E-state index in [1.807, 2.05) is 36.5 Å². The smallest absolute Gasteiger partial charge is 0.229 e. The molecule has 5 atom stereocenters. The van der Waals surface area contributed by atoms with Gasteiger partial charge in [0.2, 0.25) is 6.29 Å². The van der Waals surface area contributed by atoms with Gasteiger partial charge in [-0.05, 0) is 29.8 Å². The molecule has 4 N–H and O–H groups in total. The number of halogens is 1. The minimum absolute atomic E-state index is 0.351. The van der Waals surface area contributed by atoms with Crippen LogP contribution in [-0.2, 0) is 11.2 Å². The van der Waals surface area contributed by atoms with Gasteiger partial charge >= 0.3 is 0 Å². The fourth-order valence-corrected chi connectivity index (χ4v) is 3.72. The van der Waals surface area contributed by atoms with Crippen LogP contribution < -0.4 is 4.74 Å². The van der Waals surface area contributed by atoms with Gasteiger partial charge in [-0.25, -0.2) is 4.68 Å². The van der Waals surface area contributed by atoms with Crippen molar-refractivity contribution in [3.05, 3.63) is 77.1 Å². The zero-order valence-corrected chi connectivity index (χ0v) is 17.2. The van der Waals surface area contributed by atoms with Crippen LogP contribution in [0.2, 0.25) is 5.02 Å². The zero-order valence-electron chi connectivity index (χ0n) is 16.5. The molecule has 4 rings (SSSR count). The summed E-state index contributed by atoms with van der Waals surface area (Å²) in [7, 11) is 0. The Kier molecular flexibility index (Phi) is 6.57. The highest BCUT2D eigenvalue weighted by molar-refractivity contribution is 6.31. The van der Waals surface area contributed by atoms with E-state index in [2.05, 4.69) is 5.10 Å². The largest absolute Gasteiger partial charge is 0.462 e. The minimum Gasteiger partial charge on any atom is -0.462 e. The van der Waals surface area contributed by atoms with Crippen molar-refractivity contribution in [2.24, 2.45) is 0 Å². The Morgan fingerprint density at radius 3 is 2.52 bits per heavy atom. The summed E-state index contributed by atoms with van der Waals surface area (Å²) in [6, 6.07) is 14.8. The van der Waals surface area contributed by atoms with E-state index < -0.39 is 37.3 Å². The molecule has 31 heavy (non-hydrogen) atoms. The van der Waals surface area contributed by atoms with Crippen molar-refractivity contribution in [1.29, 1.82) is 0 Å². The second-order valence-electron chi connectivity index (χ2n) is 7.34. The van der Waals surface area contributed by atoms with Crippen LogP contribution in [0.4, 0.5) is 0 Å². The van der Waals surface area contributed by atoms with Gasteiger partial charge in [-0.2, -0.15) is 5.10 Å². The first kappa shape index (κ1) is 21.8. The van der Waals surface area contributed by atoms with Crippen LogP contribution in [0.1, 0.15) is 11.1 Å². The Labute approximate surface area is 183 Å². The molecular weight excluding hydrogens is 424 g/mol. The number of rotatable bonds is 6. The summed E-state index contributed by atoms with van der Waals surface area (Å²) >= 11 is 6.43. The fourth-order valence-electron chi connectivity index (χ4n) is 3.49. The van der Waals surface area contributed by atoms with Crippen molar-refractivity contribution >= 4 is 11.6 Å². The predicted molar refractivity (Wildman–Crippen MR) is 112 cm³/mol. The maximum atomic E-state index is 10.3. The molecular formula is C22H23ClN2O6. The van der Waals surface area contributed by atoms with Crippen LogP contribution in [0.5, 0.6) is 5.75 Å². The molecule has 0 amide bonds. The van der Waals surface area contributed by atoms with Gasteiger partial charge in [-0.1, -0.05) is 35.9 Å².